The predicted octanol–water partition coefficient (Wildman–Crippen LogP) is 6.99. The number of fused-ring (bicyclic) bond motifs is 2. The number of carbonyl (C=O) groups excluding carboxylic acids is 2. The van der Waals surface area contributed by atoms with Crippen molar-refractivity contribution in [2.45, 2.75) is 51.0 Å². The molecule has 0 aromatic heterocycles. The molecule has 2 N–H and O–H groups in total. The molecular formula is C28H28Cl2N2O2. The van der Waals surface area contributed by atoms with Gasteiger partial charge in [0.15, 0.2) is 0 Å². The van der Waals surface area contributed by atoms with Crippen molar-refractivity contribution < 1.29 is 9.59 Å². The summed E-state index contributed by atoms with van der Waals surface area (Å²) in [6.07, 6.45) is 0.177. The normalized spacial score (nSPS) is 23.3. The number of piperidine rings is 1. The number of hydrogen-bond donors (Lipinski definition) is 2. The van der Waals surface area contributed by atoms with Gasteiger partial charge in [0.1, 0.15) is 5.41 Å². The summed E-state index contributed by atoms with van der Waals surface area (Å²) in [5.74, 6) is -0.425. The Hall–Kier alpha value is -2.82. The molecule has 0 aliphatic carbocycles. The van der Waals surface area contributed by atoms with Gasteiger partial charge < -0.3 is 10.6 Å². The maximum atomic E-state index is 14.0. The lowest BCUT2D eigenvalue weighted by molar-refractivity contribution is -0.131. The highest BCUT2D eigenvalue weighted by molar-refractivity contribution is 6.31. The Morgan fingerprint density at radius 2 is 1.68 bits per heavy atom. The molecule has 2 amide bonds. The summed E-state index contributed by atoms with van der Waals surface area (Å²) >= 11 is 12.6. The van der Waals surface area contributed by atoms with E-state index in [9.17, 15) is 9.59 Å². The van der Waals surface area contributed by atoms with Gasteiger partial charge in [-0.15, -0.1) is 0 Å². The van der Waals surface area contributed by atoms with Gasteiger partial charge in [-0.05, 0) is 52.4 Å². The van der Waals surface area contributed by atoms with E-state index < -0.39 is 17.4 Å². The summed E-state index contributed by atoms with van der Waals surface area (Å²) in [4.78, 5) is 27.1. The fraction of sp³-hybridized carbons (Fsp3) is 0.286. The monoisotopic (exact) mass is 494 g/mol. The number of halogens is 2. The molecule has 176 valence electrons. The highest BCUT2D eigenvalue weighted by Gasteiger charge is 2.61. The fourth-order valence-electron chi connectivity index (χ4n) is 5.57. The Labute approximate surface area is 210 Å². The molecule has 3 aromatic rings. The van der Waals surface area contributed by atoms with Gasteiger partial charge in [-0.1, -0.05) is 86.9 Å². The molecule has 2 aliphatic rings. The average molecular weight is 495 g/mol. The molecule has 1 spiro atoms. The summed E-state index contributed by atoms with van der Waals surface area (Å²) in [6.45, 7) is 4.24. The number of benzene rings is 3. The third kappa shape index (κ3) is 3.70. The first kappa shape index (κ1) is 24.3. The van der Waals surface area contributed by atoms with E-state index in [0.29, 0.717) is 15.7 Å². The molecule has 34 heavy (non-hydrogen) atoms. The highest BCUT2D eigenvalue weighted by Crippen LogP contribution is 2.58. The Morgan fingerprint density at radius 3 is 2.41 bits per heavy atom. The summed E-state index contributed by atoms with van der Waals surface area (Å²) in [7, 11) is 0. The molecule has 0 unspecified atom stereocenters. The van der Waals surface area contributed by atoms with E-state index in [1.807, 2.05) is 42.5 Å². The lowest BCUT2D eigenvalue weighted by Gasteiger charge is -2.47. The minimum atomic E-state index is -1.05. The first-order valence-corrected chi connectivity index (χ1v) is 11.8. The Morgan fingerprint density at radius 1 is 0.941 bits per heavy atom. The molecule has 3 atom stereocenters. The zero-order valence-electron chi connectivity index (χ0n) is 18.4. The van der Waals surface area contributed by atoms with Gasteiger partial charge in [0.2, 0.25) is 11.8 Å². The first-order valence-electron chi connectivity index (χ1n) is 11.1. The Balaban J connectivity index is 0.00000274. The van der Waals surface area contributed by atoms with E-state index in [4.69, 9.17) is 23.2 Å². The van der Waals surface area contributed by atoms with Crippen LogP contribution in [0.15, 0.2) is 66.7 Å². The minimum Gasteiger partial charge on any atom is -0.348 e. The summed E-state index contributed by atoms with van der Waals surface area (Å²) < 4.78 is 0. The van der Waals surface area contributed by atoms with E-state index in [2.05, 4.69) is 30.5 Å². The maximum absolute atomic E-state index is 14.0. The molecule has 3 aromatic carbocycles. The van der Waals surface area contributed by atoms with E-state index >= 15 is 0 Å². The number of nitrogens with one attached hydrogen (secondary N) is 2. The van der Waals surface area contributed by atoms with Gasteiger partial charge in [0.25, 0.3) is 0 Å². The Kier molecular flexibility index (Phi) is 6.50. The van der Waals surface area contributed by atoms with Crippen molar-refractivity contribution in [3.63, 3.8) is 0 Å². The summed E-state index contributed by atoms with van der Waals surface area (Å²) in [5.41, 5.74) is 3.38. The van der Waals surface area contributed by atoms with Crippen molar-refractivity contribution in [2.75, 3.05) is 5.32 Å². The Bertz CT molecular complexity index is 1270. The molecule has 4 nitrogen and oxygen atoms in total. The third-order valence-electron chi connectivity index (χ3n) is 6.93. The van der Waals surface area contributed by atoms with Gasteiger partial charge in [-0.2, -0.15) is 0 Å². The second-order valence-corrected chi connectivity index (χ2v) is 9.98. The largest absolute Gasteiger partial charge is 0.348 e. The number of amides is 2. The molecule has 0 bridgehead atoms. The van der Waals surface area contributed by atoms with E-state index in [1.165, 1.54) is 0 Å². The summed E-state index contributed by atoms with van der Waals surface area (Å²) in [5, 5.41) is 7.38. The first-order chi connectivity index (χ1) is 15.8. The van der Waals surface area contributed by atoms with Gasteiger partial charge in [0, 0.05) is 28.1 Å². The van der Waals surface area contributed by atoms with Crippen LogP contribution in [0.1, 0.15) is 67.8 Å². The highest BCUT2D eigenvalue weighted by atomic mass is 35.5. The van der Waals surface area contributed by atoms with Crippen LogP contribution in [0.5, 0.6) is 0 Å². The SMILES string of the molecule is C.CC(C)c1ccccc1[C@H]1NC(=O)C[C@@H](c2cccc(Cl)c2)[C@]12C(=O)Nc1cc(Cl)ccc12. The predicted molar refractivity (Wildman–Crippen MR) is 139 cm³/mol. The van der Waals surface area contributed by atoms with Crippen LogP contribution < -0.4 is 10.6 Å². The van der Waals surface area contributed by atoms with Gasteiger partial charge in [0.05, 0.1) is 6.04 Å². The quantitative estimate of drug-likeness (QED) is 0.412. The van der Waals surface area contributed by atoms with Crippen LogP contribution in [0.4, 0.5) is 5.69 Å². The minimum absolute atomic E-state index is 0. The molecule has 6 heteroatoms. The van der Waals surface area contributed by atoms with Crippen molar-refractivity contribution in [3.05, 3.63) is 99.0 Å². The van der Waals surface area contributed by atoms with E-state index in [1.54, 1.807) is 18.2 Å². The molecule has 5 rings (SSSR count). The van der Waals surface area contributed by atoms with Crippen LogP contribution in [0, 0.1) is 0 Å². The third-order valence-corrected chi connectivity index (χ3v) is 7.40. The van der Waals surface area contributed by atoms with Crippen LogP contribution >= 0.6 is 23.2 Å². The van der Waals surface area contributed by atoms with Crippen LogP contribution in [0.2, 0.25) is 10.0 Å². The standard InChI is InChI=1S/C27H24Cl2N2O2.CH4/c1-15(2)19-8-3-4-9-20(19)25-27(21-11-10-18(29)13-23(21)30-26(27)33)22(14-24(32)31-25)16-6-5-7-17(28)12-16;/h3-13,15,22,25H,14H2,1-2H3,(H,30,33)(H,31,32);1H4/t22-,25+,27-;/m0./s1. The summed E-state index contributed by atoms with van der Waals surface area (Å²) in [6, 6.07) is 20.5. The van der Waals surface area contributed by atoms with Crippen molar-refractivity contribution in [1.82, 2.24) is 5.32 Å². The van der Waals surface area contributed by atoms with Crippen LogP contribution in [0.25, 0.3) is 0 Å². The lowest BCUT2D eigenvalue weighted by Crippen LogP contribution is -2.57. The van der Waals surface area contributed by atoms with Crippen LogP contribution in [-0.2, 0) is 15.0 Å². The van der Waals surface area contributed by atoms with Crippen molar-refractivity contribution in [1.29, 1.82) is 0 Å². The molecule has 2 aliphatic heterocycles. The number of hydrogen-bond acceptors (Lipinski definition) is 2. The zero-order valence-corrected chi connectivity index (χ0v) is 19.9. The number of carbonyl (C=O) groups is 2. The fourth-order valence-corrected chi connectivity index (χ4v) is 5.94. The smallest absolute Gasteiger partial charge is 0.238 e. The van der Waals surface area contributed by atoms with Gasteiger partial charge in [-0.25, -0.2) is 0 Å². The van der Waals surface area contributed by atoms with Crippen molar-refractivity contribution in [2.24, 2.45) is 0 Å². The van der Waals surface area contributed by atoms with Gasteiger partial charge in [-0.3, -0.25) is 9.59 Å². The van der Waals surface area contributed by atoms with Crippen molar-refractivity contribution >= 4 is 40.7 Å². The van der Waals surface area contributed by atoms with E-state index in [0.717, 1.165) is 22.3 Å². The van der Waals surface area contributed by atoms with Crippen molar-refractivity contribution in [3.8, 4) is 0 Å². The molecule has 1 fully saturated rings. The molecule has 1 saturated heterocycles. The maximum Gasteiger partial charge on any atom is 0.238 e. The lowest BCUT2D eigenvalue weighted by atomic mass is 9.58. The zero-order chi connectivity index (χ0) is 23.3. The molecular weight excluding hydrogens is 467 g/mol. The topological polar surface area (TPSA) is 58.2 Å². The molecule has 0 saturated carbocycles. The second-order valence-electron chi connectivity index (χ2n) is 9.11. The van der Waals surface area contributed by atoms with Crippen LogP contribution in [0.3, 0.4) is 0 Å². The molecule has 2 heterocycles. The van der Waals surface area contributed by atoms with Gasteiger partial charge >= 0.3 is 0 Å². The van der Waals surface area contributed by atoms with E-state index in [-0.39, 0.29) is 31.6 Å². The number of anilines is 1. The molecule has 0 radical (unpaired) electrons. The van der Waals surface area contributed by atoms with Crippen LogP contribution in [-0.4, -0.2) is 11.8 Å². The second kappa shape index (κ2) is 9.09. The average Bonchev–Trinajstić information content (AvgIpc) is 3.06. The number of rotatable bonds is 3.